The fourth-order valence-electron chi connectivity index (χ4n) is 1.81. The topological polar surface area (TPSA) is 42.1 Å². The van der Waals surface area contributed by atoms with Crippen LogP contribution in [0.5, 0.6) is 0 Å². The van der Waals surface area contributed by atoms with Gasteiger partial charge in [0.05, 0.1) is 0 Å². The molecule has 0 spiro atoms. The van der Waals surface area contributed by atoms with E-state index in [1.807, 2.05) is 6.07 Å². The molecule has 82 valence electrons. The van der Waals surface area contributed by atoms with E-state index < -0.39 is 0 Å². The van der Waals surface area contributed by atoms with Gasteiger partial charge in [-0.1, -0.05) is 29.3 Å². The van der Waals surface area contributed by atoms with Gasteiger partial charge in [-0.05, 0) is 12.5 Å². The molecule has 5 heteroatoms. The van der Waals surface area contributed by atoms with Gasteiger partial charge in [-0.15, -0.1) is 0 Å². The maximum Gasteiger partial charge on any atom is 0.135 e. The Hall–Kier alpha value is -0.350. The molecule has 0 unspecified atom stereocenters. The molecule has 0 aliphatic carbocycles. The van der Waals surface area contributed by atoms with Crippen LogP contribution in [0.3, 0.4) is 0 Å². The minimum absolute atomic E-state index is 0.295. The summed E-state index contributed by atoms with van der Waals surface area (Å²) in [5.74, 6) is 0. The maximum absolute atomic E-state index is 5.99. The van der Waals surface area contributed by atoms with Crippen molar-refractivity contribution in [3.8, 4) is 0 Å². The molecule has 2 heterocycles. The molecule has 0 amide bonds. The Kier molecular flexibility index (Phi) is 3.46. The Morgan fingerprint density at radius 3 is 2.87 bits per heavy atom. The van der Waals surface area contributed by atoms with Crippen molar-refractivity contribution >= 4 is 23.2 Å². The second-order valence-corrected chi connectivity index (χ2v) is 4.61. The third-order valence-corrected chi connectivity index (χ3v) is 3.13. The average molecular weight is 246 g/mol. The molecule has 1 aliphatic heterocycles. The zero-order valence-corrected chi connectivity index (χ0v) is 9.80. The summed E-state index contributed by atoms with van der Waals surface area (Å²) in [4.78, 5) is 6.29. The van der Waals surface area contributed by atoms with Crippen LogP contribution in [-0.4, -0.2) is 29.0 Å². The lowest BCUT2D eigenvalue weighted by Crippen LogP contribution is -2.26. The largest absolute Gasteiger partial charge is 0.326 e. The van der Waals surface area contributed by atoms with Crippen LogP contribution < -0.4 is 5.73 Å². The fourth-order valence-corrected chi connectivity index (χ4v) is 2.21. The van der Waals surface area contributed by atoms with Gasteiger partial charge in [-0.3, -0.25) is 4.90 Å². The summed E-state index contributed by atoms with van der Waals surface area (Å²) in [6.45, 7) is 2.76. The third kappa shape index (κ3) is 2.82. The summed E-state index contributed by atoms with van der Waals surface area (Å²) >= 11 is 11.7. The van der Waals surface area contributed by atoms with Gasteiger partial charge in [0.25, 0.3) is 0 Å². The summed E-state index contributed by atoms with van der Waals surface area (Å²) in [6.07, 6.45) is 1.05. The third-order valence-electron chi connectivity index (χ3n) is 2.59. The van der Waals surface area contributed by atoms with E-state index in [0.29, 0.717) is 16.3 Å². The van der Waals surface area contributed by atoms with Crippen molar-refractivity contribution in [2.75, 3.05) is 13.1 Å². The summed E-state index contributed by atoms with van der Waals surface area (Å²) < 4.78 is 0. The van der Waals surface area contributed by atoms with Crippen molar-refractivity contribution in [2.45, 2.75) is 19.0 Å². The average Bonchev–Trinajstić information content (AvgIpc) is 2.56. The van der Waals surface area contributed by atoms with Crippen LogP contribution in [0, 0.1) is 0 Å². The van der Waals surface area contributed by atoms with Crippen molar-refractivity contribution < 1.29 is 0 Å². The highest BCUT2D eigenvalue weighted by Crippen LogP contribution is 2.20. The van der Waals surface area contributed by atoms with E-state index in [9.17, 15) is 0 Å². The van der Waals surface area contributed by atoms with Crippen molar-refractivity contribution in [1.82, 2.24) is 9.88 Å². The number of likely N-dealkylation sites (tertiary alicyclic amines) is 1. The normalized spacial score (nSPS) is 22.2. The number of hydrogen-bond donors (Lipinski definition) is 1. The zero-order valence-electron chi connectivity index (χ0n) is 8.29. The molecule has 0 radical (unpaired) electrons. The monoisotopic (exact) mass is 245 g/mol. The Labute approximate surface area is 99.2 Å². The van der Waals surface area contributed by atoms with Crippen LogP contribution in [0.4, 0.5) is 0 Å². The molecule has 3 nitrogen and oxygen atoms in total. The lowest BCUT2D eigenvalue weighted by atomic mass is 10.2. The number of nitrogens with zero attached hydrogens (tertiary/aromatic N) is 2. The van der Waals surface area contributed by atoms with Crippen molar-refractivity contribution in [2.24, 2.45) is 5.73 Å². The molecule has 1 aliphatic rings. The van der Waals surface area contributed by atoms with Crippen LogP contribution in [0.15, 0.2) is 12.1 Å². The molecule has 0 aromatic carbocycles. The van der Waals surface area contributed by atoms with E-state index >= 15 is 0 Å². The summed E-state index contributed by atoms with van der Waals surface area (Å²) in [5, 5.41) is 0.921. The molecule has 0 saturated carbocycles. The van der Waals surface area contributed by atoms with E-state index in [4.69, 9.17) is 28.9 Å². The van der Waals surface area contributed by atoms with E-state index in [1.165, 1.54) is 0 Å². The first-order valence-electron chi connectivity index (χ1n) is 4.94. The van der Waals surface area contributed by atoms with Crippen LogP contribution >= 0.6 is 23.2 Å². The van der Waals surface area contributed by atoms with E-state index in [2.05, 4.69) is 9.88 Å². The lowest BCUT2D eigenvalue weighted by Gasteiger charge is -2.15. The fraction of sp³-hybridized carbons (Fsp3) is 0.500. The predicted octanol–water partition coefficient (Wildman–Crippen LogP) is 1.92. The highest BCUT2D eigenvalue weighted by molar-refractivity contribution is 6.32. The molecule has 2 rings (SSSR count). The van der Waals surface area contributed by atoms with E-state index in [0.717, 1.165) is 31.6 Å². The van der Waals surface area contributed by atoms with Crippen molar-refractivity contribution in [3.05, 3.63) is 28.0 Å². The smallest absolute Gasteiger partial charge is 0.135 e. The zero-order chi connectivity index (χ0) is 10.8. The second kappa shape index (κ2) is 4.66. The molecule has 15 heavy (non-hydrogen) atoms. The second-order valence-electron chi connectivity index (χ2n) is 3.87. The molecule has 1 aromatic heterocycles. The standard InChI is InChI=1S/C10H13Cl2N3/c11-9-2-1-7(10(12)14-9)5-15-4-3-8(13)6-15/h1-2,8H,3-6,13H2/t8-/m0/s1. The Morgan fingerprint density at radius 1 is 1.47 bits per heavy atom. The molecule has 1 atom stereocenters. The SMILES string of the molecule is N[C@H]1CCN(Cc2ccc(Cl)nc2Cl)C1. The van der Waals surface area contributed by atoms with Gasteiger partial charge in [-0.25, -0.2) is 4.98 Å². The first-order valence-corrected chi connectivity index (χ1v) is 5.69. The molecule has 1 saturated heterocycles. The molecule has 1 aromatic rings. The van der Waals surface area contributed by atoms with Crippen LogP contribution in [0.1, 0.15) is 12.0 Å². The quantitative estimate of drug-likeness (QED) is 0.810. The highest BCUT2D eigenvalue weighted by Gasteiger charge is 2.19. The van der Waals surface area contributed by atoms with Crippen LogP contribution in [0.2, 0.25) is 10.3 Å². The molecule has 2 N–H and O–H groups in total. The van der Waals surface area contributed by atoms with E-state index in [-0.39, 0.29) is 0 Å². The summed E-state index contributed by atoms with van der Waals surface area (Å²) in [6, 6.07) is 3.98. The van der Waals surface area contributed by atoms with Gasteiger partial charge < -0.3 is 5.73 Å². The molecule has 1 fully saturated rings. The van der Waals surface area contributed by atoms with Crippen LogP contribution in [-0.2, 0) is 6.54 Å². The Balaban J connectivity index is 2.04. The van der Waals surface area contributed by atoms with Gasteiger partial charge in [0, 0.05) is 31.2 Å². The number of halogens is 2. The van der Waals surface area contributed by atoms with Gasteiger partial charge >= 0.3 is 0 Å². The summed E-state index contributed by atoms with van der Waals surface area (Å²) in [7, 11) is 0. The first kappa shape index (κ1) is 11.1. The van der Waals surface area contributed by atoms with Crippen LogP contribution in [0.25, 0.3) is 0 Å². The first-order chi connectivity index (χ1) is 7.15. The van der Waals surface area contributed by atoms with E-state index in [1.54, 1.807) is 6.07 Å². The van der Waals surface area contributed by atoms with Gasteiger partial charge in [0.1, 0.15) is 10.3 Å². The number of rotatable bonds is 2. The van der Waals surface area contributed by atoms with Gasteiger partial charge in [-0.2, -0.15) is 0 Å². The molecular weight excluding hydrogens is 233 g/mol. The van der Waals surface area contributed by atoms with Gasteiger partial charge in [0.15, 0.2) is 0 Å². The number of nitrogens with two attached hydrogens (primary N) is 1. The summed E-state index contributed by atoms with van der Waals surface area (Å²) in [5.41, 5.74) is 6.84. The molecular formula is C10H13Cl2N3. The number of aromatic nitrogens is 1. The number of pyridine rings is 1. The minimum Gasteiger partial charge on any atom is -0.326 e. The predicted molar refractivity (Wildman–Crippen MR) is 62.1 cm³/mol. The van der Waals surface area contributed by atoms with Crippen molar-refractivity contribution in [1.29, 1.82) is 0 Å². The Morgan fingerprint density at radius 2 is 2.27 bits per heavy atom. The maximum atomic E-state index is 5.99. The number of hydrogen-bond acceptors (Lipinski definition) is 3. The molecule has 0 bridgehead atoms. The Bertz CT molecular complexity index is 357. The lowest BCUT2D eigenvalue weighted by molar-refractivity contribution is 0.326. The van der Waals surface area contributed by atoms with Gasteiger partial charge in [0.2, 0.25) is 0 Å². The minimum atomic E-state index is 0.295. The highest BCUT2D eigenvalue weighted by atomic mass is 35.5. The van der Waals surface area contributed by atoms with Crippen molar-refractivity contribution in [3.63, 3.8) is 0 Å².